The highest BCUT2D eigenvalue weighted by Gasteiger charge is 2.69. The number of thiophene rings is 8. The molecule has 2 aromatic carbocycles. The molecule has 0 bridgehead atoms. The molecule has 4 fully saturated rings. The second kappa shape index (κ2) is 21.0. The summed E-state index contributed by atoms with van der Waals surface area (Å²) in [6.07, 6.45) is 0. The highest BCUT2D eigenvalue weighted by Crippen LogP contribution is 2.66. The van der Waals surface area contributed by atoms with Crippen LogP contribution in [0.3, 0.4) is 0 Å². The van der Waals surface area contributed by atoms with Gasteiger partial charge in [-0.05, 0) is 71.4 Å². The molecule has 0 unspecified atom stereocenters. The van der Waals surface area contributed by atoms with Crippen LogP contribution in [0.4, 0.5) is 43.9 Å². The zero-order valence-corrected chi connectivity index (χ0v) is 49.4. The highest BCUT2D eigenvalue weighted by atomic mass is 32.1. The van der Waals surface area contributed by atoms with Gasteiger partial charge in [-0.2, -0.15) is 0 Å². The number of hydrogen-bond donors (Lipinski definition) is 0. The summed E-state index contributed by atoms with van der Waals surface area (Å²) in [4.78, 5) is 35.7. The van der Waals surface area contributed by atoms with Crippen molar-refractivity contribution in [3.63, 3.8) is 0 Å². The van der Waals surface area contributed by atoms with Crippen molar-refractivity contribution in [1.82, 2.24) is 0 Å². The Balaban J connectivity index is 0.000000174. The summed E-state index contributed by atoms with van der Waals surface area (Å²) in [5, 5.41) is 4.23. The summed E-state index contributed by atoms with van der Waals surface area (Å²) in [6, 6.07) is 21.5. The van der Waals surface area contributed by atoms with E-state index in [0.29, 0.717) is 66.8 Å². The van der Waals surface area contributed by atoms with Crippen molar-refractivity contribution in [2.24, 2.45) is 0 Å². The van der Waals surface area contributed by atoms with Crippen LogP contribution in [0, 0.1) is 58.2 Å². The van der Waals surface area contributed by atoms with Gasteiger partial charge in [0.1, 0.15) is 11.1 Å². The quantitative estimate of drug-likeness (QED) is 0.0632. The van der Waals surface area contributed by atoms with E-state index in [1.807, 2.05) is 0 Å². The minimum Gasteiger partial charge on any atom is -0.339 e. The monoisotopic (exact) mass is 1330 g/mol. The number of benzene rings is 2. The van der Waals surface area contributed by atoms with Gasteiger partial charge in [0, 0.05) is 61.3 Å². The maximum Gasteiger partial charge on any atom is 0.257 e. The van der Waals surface area contributed by atoms with E-state index in [-0.39, 0.29) is 36.2 Å². The molecule has 12 heterocycles. The lowest BCUT2D eigenvalue weighted by Crippen LogP contribution is -2.63. The Morgan fingerprint density at radius 2 is 0.570 bits per heavy atom. The normalized spacial score (nSPS) is 22.5. The van der Waals surface area contributed by atoms with Crippen LogP contribution in [0.1, 0.15) is 52.7 Å². The largest absolute Gasteiger partial charge is 0.339 e. The van der Waals surface area contributed by atoms with Crippen molar-refractivity contribution in [2.75, 3.05) is 52.9 Å². The molecule has 4 saturated heterocycles. The van der Waals surface area contributed by atoms with Crippen molar-refractivity contribution in [1.29, 1.82) is 0 Å². The third-order valence-corrected chi connectivity index (χ3v) is 24.5. The second-order valence-electron chi connectivity index (χ2n) is 19.5. The maximum atomic E-state index is 14.5. The minimum absolute atomic E-state index is 0.0652. The molecule has 8 aromatic heterocycles. The van der Waals surface area contributed by atoms with E-state index in [2.05, 4.69) is 47.2 Å². The Morgan fingerprint density at radius 1 is 0.314 bits per heavy atom. The van der Waals surface area contributed by atoms with Crippen LogP contribution in [0.2, 0.25) is 0 Å². The van der Waals surface area contributed by atoms with Gasteiger partial charge >= 0.3 is 0 Å². The van der Waals surface area contributed by atoms with Crippen LogP contribution in [-0.2, 0) is 61.0 Å². The number of halogens is 10. The molecule has 4 aliphatic heterocycles. The van der Waals surface area contributed by atoms with E-state index in [0.717, 1.165) is 33.8 Å². The fourth-order valence-corrected chi connectivity index (χ4v) is 20.1. The number of carbonyl (C=O) groups is 2. The first-order valence-electron chi connectivity index (χ1n) is 25.6. The lowest BCUT2D eigenvalue weighted by molar-refractivity contribution is -0.483. The number of hydrogen-bond acceptors (Lipinski definition) is 18. The number of fused-ring (bicyclic) bond motifs is 6. The lowest BCUT2D eigenvalue weighted by Gasteiger charge is -2.55. The van der Waals surface area contributed by atoms with Crippen molar-refractivity contribution < 1.29 is 91.4 Å². The number of rotatable bonds is 8. The predicted octanol–water partition coefficient (Wildman–Crippen LogP) is 16.5. The molecule has 28 heteroatoms. The summed E-state index contributed by atoms with van der Waals surface area (Å²) in [5.74, 6) is -31.3. The average Bonchev–Trinajstić information content (AvgIpc) is 1.40. The molecule has 0 saturated carbocycles. The van der Waals surface area contributed by atoms with E-state index < -0.39 is 104 Å². The van der Waals surface area contributed by atoms with Gasteiger partial charge in [-0.1, -0.05) is 12.1 Å². The van der Waals surface area contributed by atoms with E-state index in [1.54, 1.807) is 57.5 Å². The zero-order chi connectivity index (χ0) is 59.3. The van der Waals surface area contributed by atoms with Crippen molar-refractivity contribution in [2.45, 2.75) is 23.1 Å². The highest BCUT2D eigenvalue weighted by molar-refractivity contribution is 7.30. The molecule has 0 atom stereocenters. The van der Waals surface area contributed by atoms with Gasteiger partial charge in [-0.3, -0.25) is 9.59 Å². The molecule has 2 aliphatic carbocycles. The fourth-order valence-electron chi connectivity index (χ4n) is 11.3. The smallest absolute Gasteiger partial charge is 0.257 e. The van der Waals surface area contributed by atoms with Gasteiger partial charge in [0.15, 0.2) is 46.5 Å². The van der Waals surface area contributed by atoms with Crippen LogP contribution in [0.25, 0.3) is 58.5 Å². The predicted molar refractivity (Wildman–Crippen MR) is 302 cm³/mol. The van der Waals surface area contributed by atoms with Crippen LogP contribution in [-0.4, -0.2) is 64.4 Å². The SMILES string of the molecule is O=C(c1ccc(-c2cc3c(s2)-c2sc(-c4ccc(C(=O)c5c(F)c(F)c(F)c(F)c5F)s4)cc2C24OCCOC32OCCO4)s1)c1c(F)c(F)c(F)c(F)c1F.c1csc(-c2cc3c(s2)-c2sc(-c4cccs4)cc2C24OCCOC32OCCO4)c1. The molecule has 10 nitrogen and oxygen atoms in total. The Morgan fingerprint density at radius 3 is 0.826 bits per heavy atom. The first-order valence-corrected chi connectivity index (χ1v) is 32.3. The average molecular weight is 1330 g/mol. The third-order valence-electron chi connectivity index (χ3n) is 14.9. The van der Waals surface area contributed by atoms with Gasteiger partial charge < -0.3 is 37.9 Å². The first kappa shape index (κ1) is 56.8. The van der Waals surface area contributed by atoms with E-state index in [4.69, 9.17) is 37.9 Å². The zero-order valence-electron chi connectivity index (χ0n) is 42.9. The Kier molecular flexibility index (Phi) is 13.9. The Hall–Kier alpha value is -5.64. The topological polar surface area (TPSA) is 108 Å². The first-order chi connectivity index (χ1) is 41.5. The van der Waals surface area contributed by atoms with E-state index in [9.17, 15) is 53.5 Å². The van der Waals surface area contributed by atoms with Crippen molar-refractivity contribution >= 4 is 102 Å². The van der Waals surface area contributed by atoms with Gasteiger partial charge in [0.25, 0.3) is 23.1 Å². The summed E-state index contributed by atoms with van der Waals surface area (Å²) >= 11 is 10.9. The van der Waals surface area contributed by atoms with Gasteiger partial charge in [-0.15, -0.1) is 90.7 Å². The second-order valence-corrected chi connectivity index (χ2v) is 27.8. The maximum absolute atomic E-state index is 14.5. The molecular weight excluding hydrogens is 1300 g/mol. The summed E-state index contributed by atoms with van der Waals surface area (Å²) in [5.41, 5.74) is -0.277. The lowest BCUT2D eigenvalue weighted by atomic mass is 9.83. The van der Waals surface area contributed by atoms with Crippen LogP contribution in [0.5, 0.6) is 0 Å². The number of ketones is 2. The van der Waals surface area contributed by atoms with Crippen LogP contribution >= 0.6 is 90.7 Å². The molecule has 0 spiro atoms. The van der Waals surface area contributed by atoms with Crippen LogP contribution < -0.4 is 0 Å². The molecule has 0 radical (unpaired) electrons. The molecule has 440 valence electrons. The van der Waals surface area contributed by atoms with Crippen molar-refractivity contribution in [3.05, 3.63) is 185 Å². The number of ether oxygens (including phenoxy) is 8. The summed E-state index contributed by atoms with van der Waals surface area (Å²) in [7, 11) is 0. The minimum atomic E-state index is -2.40. The summed E-state index contributed by atoms with van der Waals surface area (Å²) < 4.78 is 192. The third kappa shape index (κ3) is 8.12. The van der Waals surface area contributed by atoms with Gasteiger partial charge in [-0.25, -0.2) is 43.9 Å². The van der Waals surface area contributed by atoms with Crippen molar-refractivity contribution in [3.8, 4) is 58.5 Å². The molecular formula is C58H30F10O10S8. The Labute approximate surface area is 509 Å². The van der Waals surface area contributed by atoms with E-state index in [1.165, 1.54) is 76.2 Å². The molecule has 0 N–H and O–H groups in total. The standard InChI is InChI=1S/C36H14F10O6S4.C22H16O4S4/c37-21-19(22(38)26(42)29(45)25(21)41)31(47)15-3-1-13(53-15)17-9-11-33(55-17)34-12(36-35(11,49-5-7-51-36)50-6-8-52-36)10-18(56-34)14-2-4-16(54-14)32(48)20-23(39)27(43)30(46)28(44)24(20)40;1-3-15(27-9-1)17-11-13-19(29-17)20-14(12-18(30-20)16-4-2-10-28-16)22-21(13,23-5-7-25-22)24-6-8-26-22/h1-4,9-10H,5-8H2;1-4,9-12H,5-8H2. The molecule has 6 aliphatic rings. The van der Waals surface area contributed by atoms with Gasteiger partial charge in [0.2, 0.25) is 23.2 Å². The molecule has 16 rings (SSSR count). The fraction of sp³-hybridized carbons (Fsp3) is 0.207. The summed E-state index contributed by atoms with van der Waals surface area (Å²) in [6.45, 7) is 2.17. The number of carbonyl (C=O) groups excluding carboxylic acids is 2. The molecule has 0 amide bonds. The van der Waals surface area contributed by atoms with E-state index >= 15 is 0 Å². The molecule has 10 aromatic rings. The van der Waals surface area contributed by atoms with Gasteiger partial charge in [0.05, 0.1) is 82.1 Å². The van der Waals surface area contributed by atoms with Crippen LogP contribution in [0.15, 0.2) is 83.6 Å². The Bertz CT molecular complexity index is 4080. The molecule has 86 heavy (non-hydrogen) atoms.